The number of fused-ring (bicyclic) bond motifs is 1. The zero-order chi connectivity index (χ0) is 17.9. The van der Waals surface area contributed by atoms with Gasteiger partial charge < -0.3 is 15.0 Å². The molecule has 3 aliphatic rings. The third-order valence-electron chi connectivity index (χ3n) is 6.39. The minimum absolute atomic E-state index is 0.207. The summed E-state index contributed by atoms with van der Waals surface area (Å²) >= 11 is 0. The van der Waals surface area contributed by atoms with Gasteiger partial charge in [-0.15, -0.1) is 0 Å². The topological polar surface area (TPSA) is 44.8 Å². The monoisotopic (exact) mass is 357 g/mol. The number of anilines is 1. The standard InChI is InChI=1S/C21H31N3O2/c1-26-17-11-13-23(15-17)20-10-4-8-18(20)22-14-21(25)24-12-5-7-16-6-2-3-9-19(16)24/h2-3,6,9,17-18,20,22H,4-5,7-8,10-15H2,1H3/t17?,18-,20+/m1/s1. The molecule has 1 aromatic rings. The summed E-state index contributed by atoms with van der Waals surface area (Å²) in [5.74, 6) is 0.207. The van der Waals surface area contributed by atoms with Crippen LogP contribution in [0.25, 0.3) is 0 Å². The summed E-state index contributed by atoms with van der Waals surface area (Å²) in [7, 11) is 1.81. The number of likely N-dealkylation sites (tertiary alicyclic amines) is 1. The number of amides is 1. The van der Waals surface area contributed by atoms with Crippen LogP contribution in [0.1, 0.15) is 37.7 Å². The number of benzene rings is 1. The lowest BCUT2D eigenvalue weighted by Gasteiger charge is -2.32. The molecule has 142 valence electrons. The molecule has 1 N–H and O–H groups in total. The first kappa shape index (κ1) is 18.0. The molecule has 26 heavy (non-hydrogen) atoms. The van der Waals surface area contributed by atoms with Gasteiger partial charge in [-0.2, -0.15) is 0 Å². The molecule has 5 heteroatoms. The summed E-state index contributed by atoms with van der Waals surface area (Å²) in [4.78, 5) is 17.4. The van der Waals surface area contributed by atoms with Crippen LogP contribution in [0.3, 0.4) is 0 Å². The highest BCUT2D eigenvalue weighted by Crippen LogP contribution is 2.29. The molecular formula is C21H31N3O2. The fraction of sp³-hybridized carbons (Fsp3) is 0.667. The Morgan fingerprint density at radius 3 is 2.92 bits per heavy atom. The van der Waals surface area contributed by atoms with Gasteiger partial charge >= 0.3 is 0 Å². The summed E-state index contributed by atoms with van der Waals surface area (Å²) in [6, 6.07) is 9.31. The van der Waals surface area contributed by atoms with Crippen molar-refractivity contribution in [2.24, 2.45) is 0 Å². The predicted octanol–water partition coefficient (Wildman–Crippen LogP) is 2.20. The zero-order valence-corrected chi connectivity index (χ0v) is 15.8. The third-order valence-corrected chi connectivity index (χ3v) is 6.39. The van der Waals surface area contributed by atoms with Crippen LogP contribution in [0.5, 0.6) is 0 Å². The molecule has 0 bridgehead atoms. The molecule has 2 aliphatic heterocycles. The fourth-order valence-electron chi connectivity index (χ4n) is 4.97. The number of aryl methyl sites for hydroxylation is 1. The Kier molecular flexibility index (Phi) is 5.57. The van der Waals surface area contributed by atoms with Gasteiger partial charge in [0.05, 0.1) is 12.6 Å². The van der Waals surface area contributed by atoms with Crippen molar-refractivity contribution < 1.29 is 9.53 Å². The molecule has 2 heterocycles. The second-order valence-electron chi connectivity index (χ2n) is 7.90. The molecule has 2 fully saturated rings. The van der Waals surface area contributed by atoms with E-state index in [0.717, 1.165) is 44.6 Å². The fourth-order valence-corrected chi connectivity index (χ4v) is 4.97. The van der Waals surface area contributed by atoms with Gasteiger partial charge in [0.1, 0.15) is 0 Å². The van der Waals surface area contributed by atoms with Crippen molar-refractivity contribution in [2.45, 2.75) is 56.7 Å². The van der Waals surface area contributed by atoms with Crippen LogP contribution in [-0.4, -0.2) is 62.3 Å². The number of nitrogens with zero attached hydrogens (tertiary/aromatic N) is 2. The van der Waals surface area contributed by atoms with E-state index in [1.54, 1.807) is 0 Å². The van der Waals surface area contributed by atoms with E-state index < -0.39 is 0 Å². The average molecular weight is 357 g/mol. The summed E-state index contributed by atoms with van der Waals surface area (Å²) in [6.07, 6.45) is 7.29. The minimum atomic E-state index is 0.207. The van der Waals surface area contributed by atoms with Crippen LogP contribution >= 0.6 is 0 Å². The second kappa shape index (κ2) is 8.07. The van der Waals surface area contributed by atoms with Gasteiger partial charge in [0.25, 0.3) is 0 Å². The van der Waals surface area contributed by atoms with E-state index in [9.17, 15) is 4.79 Å². The largest absolute Gasteiger partial charge is 0.380 e. The molecule has 0 spiro atoms. The van der Waals surface area contributed by atoms with Gasteiger partial charge in [0.15, 0.2) is 0 Å². The Morgan fingerprint density at radius 1 is 1.19 bits per heavy atom. The number of ether oxygens (including phenoxy) is 1. The highest BCUT2D eigenvalue weighted by atomic mass is 16.5. The molecule has 1 aromatic carbocycles. The highest BCUT2D eigenvalue weighted by molar-refractivity contribution is 5.95. The molecule has 3 atom stereocenters. The Labute approximate surface area is 156 Å². The molecule has 1 amide bonds. The molecular weight excluding hydrogens is 326 g/mol. The summed E-state index contributed by atoms with van der Waals surface area (Å²) in [6.45, 7) is 3.44. The lowest BCUT2D eigenvalue weighted by molar-refractivity contribution is -0.118. The van der Waals surface area contributed by atoms with Crippen molar-refractivity contribution in [2.75, 3.05) is 38.2 Å². The van der Waals surface area contributed by atoms with Gasteiger partial charge in [-0.3, -0.25) is 9.69 Å². The summed E-state index contributed by atoms with van der Waals surface area (Å²) in [5.41, 5.74) is 2.41. The predicted molar refractivity (Wildman–Crippen MR) is 104 cm³/mol. The van der Waals surface area contributed by atoms with Gasteiger partial charge in [0.2, 0.25) is 5.91 Å². The van der Waals surface area contributed by atoms with Crippen molar-refractivity contribution in [3.63, 3.8) is 0 Å². The first-order valence-corrected chi connectivity index (χ1v) is 10.1. The smallest absolute Gasteiger partial charge is 0.240 e. The molecule has 0 radical (unpaired) electrons. The third kappa shape index (κ3) is 3.66. The van der Waals surface area contributed by atoms with Crippen LogP contribution in [0.4, 0.5) is 5.69 Å². The first-order chi connectivity index (χ1) is 12.8. The van der Waals surface area contributed by atoms with Crippen molar-refractivity contribution in [1.82, 2.24) is 10.2 Å². The molecule has 4 rings (SSSR count). The van der Waals surface area contributed by atoms with Crippen molar-refractivity contribution in [1.29, 1.82) is 0 Å². The van der Waals surface area contributed by atoms with Crippen molar-refractivity contribution in [3.05, 3.63) is 29.8 Å². The van der Waals surface area contributed by atoms with E-state index in [1.807, 2.05) is 18.1 Å². The average Bonchev–Trinajstić information content (AvgIpc) is 3.34. The number of carbonyl (C=O) groups is 1. The van der Waals surface area contributed by atoms with Crippen LogP contribution in [0.2, 0.25) is 0 Å². The van der Waals surface area contributed by atoms with E-state index in [0.29, 0.717) is 24.7 Å². The second-order valence-corrected chi connectivity index (χ2v) is 7.90. The molecule has 1 saturated heterocycles. The minimum Gasteiger partial charge on any atom is -0.380 e. The number of methoxy groups -OCH3 is 1. The van der Waals surface area contributed by atoms with E-state index in [1.165, 1.54) is 24.8 Å². The van der Waals surface area contributed by atoms with Crippen LogP contribution < -0.4 is 10.2 Å². The SMILES string of the molecule is COC1CCN([C@H]2CCC[C@H]2NCC(=O)N2CCCc3ccccc32)C1. The van der Waals surface area contributed by atoms with E-state index in [2.05, 4.69) is 28.4 Å². The lowest BCUT2D eigenvalue weighted by atomic mass is 10.0. The molecule has 0 aromatic heterocycles. The normalized spacial score (nSPS) is 29.1. The quantitative estimate of drug-likeness (QED) is 0.877. The maximum Gasteiger partial charge on any atom is 0.240 e. The number of hydrogen-bond donors (Lipinski definition) is 1. The molecule has 1 aliphatic carbocycles. The van der Waals surface area contributed by atoms with E-state index in [4.69, 9.17) is 4.74 Å². The molecule has 1 saturated carbocycles. The van der Waals surface area contributed by atoms with Crippen LogP contribution in [-0.2, 0) is 16.0 Å². The Bertz CT molecular complexity index is 635. The lowest BCUT2D eigenvalue weighted by Crippen LogP contribution is -2.50. The van der Waals surface area contributed by atoms with E-state index >= 15 is 0 Å². The Balaban J connectivity index is 1.34. The van der Waals surface area contributed by atoms with Gasteiger partial charge in [0, 0.05) is 44.5 Å². The van der Waals surface area contributed by atoms with E-state index in [-0.39, 0.29) is 5.91 Å². The highest BCUT2D eigenvalue weighted by Gasteiger charge is 2.36. The van der Waals surface area contributed by atoms with Crippen LogP contribution in [0.15, 0.2) is 24.3 Å². The number of hydrogen-bond acceptors (Lipinski definition) is 4. The summed E-state index contributed by atoms with van der Waals surface area (Å²) < 4.78 is 5.52. The van der Waals surface area contributed by atoms with Gasteiger partial charge in [-0.25, -0.2) is 0 Å². The van der Waals surface area contributed by atoms with Gasteiger partial charge in [-0.1, -0.05) is 24.6 Å². The summed E-state index contributed by atoms with van der Waals surface area (Å²) in [5, 5.41) is 3.60. The van der Waals surface area contributed by atoms with Crippen LogP contribution in [0, 0.1) is 0 Å². The van der Waals surface area contributed by atoms with Gasteiger partial charge in [-0.05, 0) is 43.7 Å². The first-order valence-electron chi connectivity index (χ1n) is 10.1. The number of nitrogens with one attached hydrogen (secondary N) is 1. The van der Waals surface area contributed by atoms with Crippen molar-refractivity contribution >= 4 is 11.6 Å². The zero-order valence-electron chi connectivity index (χ0n) is 15.8. The van der Waals surface area contributed by atoms with Crippen molar-refractivity contribution in [3.8, 4) is 0 Å². The Morgan fingerprint density at radius 2 is 2.08 bits per heavy atom. The number of para-hydroxylation sites is 1. The number of rotatable bonds is 5. The molecule has 5 nitrogen and oxygen atoms in total. The maximum atomic E-state index is 12.9. The maximum absolute atomic E-state index is 12.9. The molecule has 1 unspecified atom stereocenters. The number of carbonyl (C=O) groups excluding carboxylic acids is 1. The Hall–Kier alpha value is -1.43.